The molecular formula is C46H41O4S3+. The highest BCUT2D eigenvalue weighted by atomic mass is 32.2. The number of rotatable bonds is 11. The molecule has 0 saturated heterocycles. The Morgan fingerprint density at radius 3 is 1.81 bits per heavy atom. The van der Waals surface area contributed by atoms with Crippen LogP contribution < -0.4 is 0 Å². The monoisotopic (exact) mass is 753 g/mol. The lowest BCUT2D eigenvalue weighted by Crippen LogP contribution is -2.32. The van der Waals surface area contributed by atoms with Crippen molar-refractivity contribution in [2.75, 3.05) is 5.75 Å². The fraction of sp³-hybridized carbons (Fsp3) is 0.196. The summed E-state index contributed by atoms with van der Waals surface area (Å²) >= 11 is 1.77. The predicted octanol–water partition coefficient (Wildman–Crippen LogP) is 10.9. The Bertz CT molecular complexity index is 2330. The number of hydrogen-bond donors (Lipinski definition) is 1. The maximum absolute atomic E-state index is 13.1. The van der Waals surface area contributed by atoms with E-state index < -0.39 is 10.1 Å². The molecule has 2 aliphatic rings. The van der Waals surface area contributed by atoms with Crippen molar-refractivity contribution in [2.24, 2.45) is 23.2 Å². The van der Waals surface area contributed by atoms with Crippen LogP contribution in [-0.4, -0.2) is 24.5 Å². The molecule has 2 saturated carbocycles. The Morgan fingerprint density at radius 2 is 1.17 bits per heavy atom. The third kappa shape index (κ3) is 7.54. The molecule has 6 aromatic rings. The number of carbonyl (C=O) groups excluding carboxylic acids is 1. The Hall–Kier alpha value is -4.40. The van der Waals surface area contributed by atoms with Crippen molar-refractivity contribution in [2.45, 2.75) is 50.7 Å². The van der Waals surface area contributed by atoms with E-state index in [0.717, 1.165) is 16.7 Å². The normalized spacial score (nSPS) is 21.5. The molecule has 2 fully saturated rings. The van der Waals surface area contributed by atoms with Crippen molar-refractivity contribution in [3.63, 3.8) is 0 Å². The first kappa shape index (κ1) is 35.6. The van der Waals surface area contributed by atoms with E-state index in [1.807, 2.05) is 12.1 Å². The van der Waals surface area contributed by atoms with Crippen LogP contribution in [0.5, 0.6) is 0 Å². The molecule has 8 rings (SSSR count). The van der Waals surface area contributed by atoms with Crippen LogP contribution in [0.1, 0.15) is 25.3 Å². The number of benzene rings is 6. The molecule has 266 valence electrons. The topological polar surface area (TPSA) is 71.4 Å². The summed E-state index contributed by atoms with van der Waals surface area (Å²) in [6, 6.07) is 56.1. The van der Waals surface area contributed by atoms with E-state index in [0.29, 0.717) is 19.3 Å². The maximum atomic E-state index is 13.1. The van der Waals surface area contributed by atoms with Gasteiger partial charge in [0.05, 0.1) is 16.6 Å². The van der Waals surface area contributed by atoms with E-state index in [4.69, 9.17) is 0 Å². The minimum Gasteiger partial charge on any atom is -0.299 e. The first-order chi connectivity index (χ1) is 25.6. The van der Waals surface area contributed by atoms with Crippen molar-refractivity contribution in [1.82, 2.24) is 0 Å². The van der Waals surface area contributed by atoms with Crippen LogP contribution in [0.15, 0.2) is 182 Å². The summed E-state index contributed by atoms with van der Waals surface area (Å²) in [5.74, 6) is -0.784. The Balaban J connectivity index is 1.03. The second kappa shape index (κ2) is 14.8. The molecular weight excluding hydrogens is 713 g/mol. The van der Waals surface area contributed by atoms with Gasteiger partial charge in [-0.15, -0.1) is 0 Å². The summed E-state index contributed by atoms with van der Waals surface area (Å²) < 4.78 is 33.2. The SMILES string of the molecule is CC1(Cc2ccccc2-c2ccc([S+](c3ccccc3)c3ccc(Sc4ccc(-c5ccccc5)cc4)cc3)cc2)C2CC(=O)C1C(CS(=O)(=O)O)C2. The van der Waals surface area contributed by atoms with Gasteiger partial charge in [0.2, 0.25) is 0 Å². The largest absolute Gasteiger partial charge is 0.299 e. The van der Waals surface area contributed by atoms with E-state index in [2.05, 4.69) is 153 Å². The quantitative estimate of drug-likeness (QED) is 0.105. The van der Waals surface area contributed by atoms with Crippen LogP contribution in [0.4, 0.5) is 0 Å². The molecule has 7 heteroatoms. The number of hydrogen-bond acceptors (Lipinski definition) is 4. The van der Waals surface area contributed by atoms with Crippen LogP contribution in [-0.2, 0) is 32.2 Å². The molecule has 0 amide bonds. The van der Waals surface area contributed by atoms with Gasteiger partial charge in [-0.25, -0.2) is 0 Å². The number of Topliss-reactive ketones (excluding diaryl/α,β-unsaturated/α-hetero) is 1. The molecule has 2 bridgehead atoms. The van der Waals surface area contributed by atoms with E-state index in [1.165, 1.54) is 35.6 Å². The Kier molecular flexibility index (Phi) is 9.94. The van der Waals surface area contributed by atoms with E-state index in [9.17, 15) is 17.8 Å². The highest BCUT2D eigenvalue weighted by Crippen LogP contribution is 2.60. The highest BCUT2D eigenvalue weighted by molar-refractivity contribution is 7.99. The summed E-state index contributed by atoms with van der Waals surface area (Å²) in [5.41, 5.74) is 5.48. The summed E-state index contributed by atoms with van der Waals surface area (Å²) in [6.07, 6.45) is 1.83. The molecule has 0 radical (unpaired) electrons. The zero-order chi connectivity index (χ0) is 36.6. The van der Waals surface area contributed by atoms with Gasteiger partial charge in [-0.3, -0.25) is 9.35 Å². The molecule has 5 unspecified atom stereocenters. The molecule has 0 heterocycles. The van der Waals surface area contributed by atoms with Gasteiger partial charge in [-0.2, -0.15) is 8.42 Å². The lowest BCUT2D eigenvalue weighted by atomic mass is 9.72. The minimum absolute atomic E-state index is 0.111. The Labute approximate surface area is 319 Å². The minimum atomic E-state index is -4.16. The van der Waals surface area contributed by atoms with Gasteiger partial charge in [-0.05, 0) is 131 Å². The van der Waals surface area contributed by atoms with Crippen molar-refractivity contribution in [1.29, 1.82) is 0 Å². The summed E-state index contributed by atoms with van der Waals surface area (Å²) in [6.45, 7) is 2.15. The maximum Gasteiger partial charge on any atom is 0.265 e. The van der Waals surface area contributed by atoms with Crippen molar-refractivity contribution in [3.8, 4) is 22.3 Å². The van der Waals surface area contributed by atoms with Crippen molar-refractivity contribution in [3.05, 3.63) is 163 Å². The number of carbonyl (C=O) groups is 1. The van der Waals surface area contributed by atoms with Gasteiger partial charge < -0.3 is 0 Å². The van der Waals surface area contributed by atoms with Gasteiger partial charge >= 0.3 is 0 Å². The highest BCUT2D eigenvalue weighted by Gasteiger charge is 2.60. The molecule has 0 aliphatic heterocycles. The fourth-order valence-corrected chi connectivity index (χ4v) is 12.5. The molecule has 6 aromatic carbocycles. The van der Waals surface area contributed by atoms with Gasteiger partial charge in [-0.1, -0.05) is 104 Å². The first-order valence-electron chi connectivity index (χ1n) is 18.0. The molecule has 1 N–H and O–H groups in total. The van der Waals surface area contributed by atoms with E-state index in [1.54, 1.807) is 11.8 Å². The molecule has 2 aliphatic carbocycles. The molecule has 0 aromatic heterocycles. The van der Waals surface area contributed by atoms with Crippen LogP contribution in [0.2, 0.25) is 0 Å². The lowest BCUT2D eigenvalue weighted by molar-refractivity contribution is -0.124. The second-order valence-corrected chi connectivity index (χ2v) is 19.2. The van der Waals surface area contributed by atoms with E-state index in [-0.39, 0.29) is 45.6 Å². The number of ketones is 1. The van der Waals surface area contributed by atoms with Crippen molar-refractivity contribution >= 4 is 38.6 Å². The first-order valence-corrected chi connectivity index (χ1v) is 21.7. The smallest absolute Gasteiger partial charge is 0.265 e. The molecule has 53 heavy (non-hydrogen) atoms. The molecule has 5 atom stereocenters. The zero-order valence-corrected chi connectivity index (χ0v) is 31.9. The third-order valence-electron chi connectivity index (χ3n) is 11.1. The van der Waals surface area contributed by atoms with Crippen LogP contribution in [0.25, 0.3) is 22.3 Å². The van der Waals surface area contributed by atoms with Crippen LogP contribution in [0.3, 0.4) is 0 Å². The van der Waals surface area contributed by atoms with Gasteiger partial charge in [0.1, 0.15) is 5.78 Å². The van der Waals surface area contributed by atoms with Gasteiger partial charge in [0.25, 0.3) is 10.1 Å². The van der Waals surface area contributed by atoms with Gasteiger partial charge in [0.15, 0.2) is 14.7 Å². The summed E-state index contributed by atoms with van der Waals surface area (Å²) in [5, 5.41) is 0. The van der Waals surface area contributed by atoms with Gasteiger partial charge in [0, 0.05) is 22.1 Å². The van der Waals surface area contributed by atoms with Crippen LogP contribution in [0, 0.1) is 23.2 Å². The predicted molar refractivity (Wildman–Crippen MR) is 216 cm³/mol. The number of fused-ring (bicyclic) bond motifs is 2. The Morgan fingerprint density at radius 1 is 0.660 bits per heavy atom. The molecule has 0 spiro atoms. The van der Waals surface area contributed by atoms with Crippen molar-refractivity contribution < 1.29 is 17.8 Å². The second-order valence-electron chi connectivity index (χ2n) is 14.5. The average molecular weight is 754 g/mol. The average Bonchev–Trinajstić information content (AvgIpc) is 3.56. The summed E-state index contributed by atoms with van der Waals surface area (Å²) in [7, 11) is -4.46. The third-order valence-corrected chi connectivity index (χ3v) is 15.2. The summed E-state index contributed by atoms with van der Waals surface area (Å²) in [4.78, 5) is 19.2. The molecule has 4 nitrogen and oxygen atoms in total. The van der Waals surface area contributed by atoms with E-state index >= 15 is 0 Å². The fourth-order valence-electron chi connectivity index (χ4n) is 8.80. The zero-order valence-electron chi connectivity index (χ0n) is 29.5. The lowest BCUT2D eigenvalue weighted by Gasteiger charge is -2.31. The van der Waals surface area contributed by atoms with Crippen LogP contribution >= 0.6 is 11.8 Å². The standard InChI is InChI=1S/C46H40O4S3/c1-46(37-28-36(31-53(48,49)50)45(46)44(47)29-37)30-35-12-8-9-15-43(35)34-18-24-41(25-19-34)52(40-13-6-3-7-14-40)42-26-22-39(23-27-42)51-38-20-16-33(17-21-38)32-10-4-2-5-11-32/h2-27,36-37,45H,28-31H2,1H3/p+1.